The van der Waals surface area contributed by atoms with Gasteiger partial charge in [-0.15, -0.1) is 0 Å². The molecule has 2 unspecified atom stereocenters. The van der Waals surface area contributed by atoms with Crippen LogP contribution in [0.5, 0.6) is 0 Å². The van der Waals surface area contributed by atoms with Gasteiger partial charge in [0.2, 0.25) is 5.91 Å². The molecule has 0 aromatic heterocycles. The molecule has 102 valence electrons. The van der Waals surface area contributed by atoms with Gasteiger partial charge in [0.25, 0.3) is 0 Å². The zero-order valence-corrected chi connectivity index (χ0v) is 10.5. The first-order valence-electron chi connectivity index (χ1n) is 6.30. The van der Waals surface area contributed by atoms with Crippen LogP contribution in [0, 0.1) is 5.92 Å². The van der Waals surface area contributed by atoms with E-state index < -0.39 is 6.10 Å². The van der Waals surface area contributed by atoms with Crippen LogP contribution in [0.1, 0.15) is 25.7 Å². The summed E-state index contributed by atoms with van der Waals surface area (Å²) in [5, 5.41) is 9.86. The van der Waals surface area contributed by atoms with Gasteiger partial charge < -0.3 is 21.3 Å². The van der Waals surface area contributed by atoms with Gasteiger partial charge in [-0.05, 0) is 25.5 Å². The molecule has 1 aliphatic carbocycles. The van der Waals surface area contributed by atoms with Crippen molar-refractivity contribution in [2.45, 2.75) is 31.8 Å². The molecule has 5 N–H and O–H groups in total. The summed E-state index contributed by atoms with van der Waals surface area (Å²) < 4.78 is 5.55. The molecule has 0 radical (unpaired) electrons. The number of aliphatic hydroxyl groups is 1. The lowest BCUT2D eigenvalue weighted by Gasteiger charge is -2.23. The second-order valence-electron chi connectivity index (χ2n) is 4.45. The van der Waals surface area contributed by atoms with Crippen molar-refractivity contribution in [2.75, 3.05) is 13.2 Å². The summed E-state index contributed by atoms with van der Waals surface area (Å²) in [5.74, 6) is 0.583. The van der Waals surface area contributed by atoms with Gasteiger partial charge in [0.05, 0.1) is 18.5 Å². The molecule has 1 rings (SSSR count). The van der Waals surface area contributed by atoms with E-state index in [-0.39, 0.29) is 11.8 Å². The third-order valence-electron chi connectivity index (χ3n) is 2.89. The highest BCUT2D eigenvalue weighted by Crippen LogP contribution is 2.24. The van der Waals surface area contributed by atoms with Gasteiger partial charge in [-0.3, -0.25) is 4.79 Å². The smallest absolute Gasteiger partial charge is 0.217 e. The van der Waals surface area contributed by atoms with Crippen LogP contribution in [0.3, 0.4) is 0 Å². The fourth-order valence-corrected chi connectivity index (χ4v) is 1.88. The second kappa shape index (κ2) is 7.89. The quantitative estimate of drug-likeness (QED) is 0.547. The van der Waals surface area contributed by atoms with Crippen molar-refractivity contribution in [1.29, 1.82) is 0 Å². The van der Waals surface area contributed by atoms with Gasteiger partial charge in [-0.2, -0.15) is 0 Å². The Morgan fingerprint density at radius 3 is 3.06 bits per heavy atom. The van der Waals surface area contributed by atoms with E-state index in [1.54, 1.807) is 0 Å². The Morgan fingerprint density at radius 1 is 1.61 bits per heavy atom. The molecule has 1 amide bonds. The number of carbonyl (C=O) groups is 1. The average Bonchev–Trinajstić information content (AvgIpc) is 2.35. The Bertz CT molecular complexity index is 326. The summed E-state index contributed by atoms with van der Waals surface area (Å²) >= 11 is 0. The molecular formula is C13H22N2O3. The fraction of sp³-hybridized carbons (Fsp3) is 0.615. The van der Waals surface area contributed by atoms with Crippen molar-refractivity contribution in [3.8, 4) is 0 Å². The van der Waals surface area contributed by atoms with E-state index >= 15 is 0 Å². The predicted octanol–water partition coefficient (Wildman–Crippen LogP) is 0.438. The molecule has 0 fully saturated rings. The Hall–Kier alpha value is -1.33. The van der Waals surface area contributed by atoms with Crippen LogP contribution < -0.4 is 11.5 Å². The topological polar surface area (TPSA) is 98.6 Å². The predicted molar refractivity (Wildman–Crippen MR) is 69.4 cm³/mol. The maximum absolute atomic E-state index is 10.6. The maximum atomic E-state index is 10.6. The highest BCUT2D eigenvalue weighted by atomic mass is 16.5. The summed E-state index contributed by atoms with van der Waals surface area (Å²) in [6.45, 7) is 0.951. The Labute approximate surface area is 107 Å². The lowest BCUT2D eigenvalue weighted by atomic mass is 9.92. The number of amides is 1. The fourth-order valence-electron chi connectivity index (χ4n) is 1.88. The number of hydrogen-bond donors (Lipinski definition) is 3. The van der Waals surface area contributed by atoms with Gasteiger partial charge in [0.15, 0.2) is 0 Å². The van der Waals surface area contributed by atoms with Gasteiger partial charge >= 0.3 is 0 Å². The van der Waals surface area contributed by atoms with Crippen molar-refractivity contribution >= 4 is 5.91 Å². The number of primary amides is 1. The van der Waals surface area contributed by atoms with Crippen molar-refractivity contribution in [2.24, 2.45) is 17.4 Å². The molecule has 0 spiro atoms. The minimum Gasteiger partial charge on any atom is -0.498 e. The summed E-state index contributed by atoms with van der Waals surface area (Å²) in [5.41, 5.74) is 10.5. The first kappa shape index (κ1) is 14.7. The highest BCUT2D eigenvalue weighted by molar-refractivity contribution is 5.73. The summed E-state index contributed by atoms with van der Waals surface area (Å²) in [4.78, 5) is 10.6. The molecule has 0 aromatic carbocycles. The summed E-state index contributed by atoms with van der Waals surface area (Å²) in [7, 11) is 0. The molecule has 0 saturated carbocycles. The summed E-state index contributed by atoms with van der Waals surface area (Å²) in [6, 6.07) is 0. The Morgan fingerprint density at radius 2 is 2.39 bits per heavy atom. The first-order chi connectivity index (χ1) is 8.63. The number of nitrogens with two attached hydrogens (primary N) is 2. The van der Waals surface area contributed by atoms with E-state index in [2.05, 4.69) is 0 Å². The number of carbonyl (C=O) groups excluding carboxylic acids is 1. The molecule has 0 aromatic rings. The van der Waals surface area contributed by atoms with E-state index in [0.29, 0.717) is 38.8 Å². The van der Waals surface area contributed by atoms with Gasteiger partial charge in [-0.1, -0.05) is 12.2 Å². The number of allylic oxidation sites excluding steroid dienone is 3. The average molecular weight is 254 g/mol. The van der Waals surface area contributed by atoms with E-state index in [1.807, 2.05) is 18.2 Å². The molecule has 2 atom stereocenters. The maximum Gasteiger partial charge on any atom is 0.217 e. The molecule has 0 saturated heterocycles. The lowest BCUT2D eigenvalue weighted by Crippen LogP contribution is -2.24. The van der Waals surface area contributed by atoms with Gasteiger partial charge in [-0.25, -0.2) is 0 Å². The van der Waals surface area contributed by atoms with E-state index in [0.717, 1.165) is 5.76 Å². The van der Waals surface area contributed by atoms with Crippen LogP contribution in [-0.4, -0.2) is 30.3 Å². The van der Waals surface area contributed by atoms with Crippen LogP contribution in [0.15, 0.2) is 24.0 Å². The summed E-state index contributed by atoms with van der Waals surface area (Å²) in [6.07, 6.45) is 7.53. The zero-order valence-electron chi connectivity index (χ0n) is 10.5. The molecule has 5 nitrogen and oxygen atoms in total. The zero-order chi connectivity index (χ0) is 13.4. The van der Waals surface area contributed by atoms with Gasteiger partial charge in [0, 0.05) is 18.8 Å². The molecule has 0 bridgehead atoms. The minimum absolute atomic E-state index is 0.0599. The second-order valence-corrected chi connectivity index (χ2v) is 4.45. The van der Waals surface area contributed by atoms with Crippen LogP contribution in [0.25, 0.3) is 0 Å². The lowest BCUT2D eigenvalue weighted by molar-refractivity contribution is -0.118. The van der Waals surface area contributed by atoms with Crippen molar-refractivity contribution in [1.82, 2.24) is 0 Å². The van der Waals surface area contributed by atoms with Crippen LogP contribution in [-0.2, 0) is 9.53 Å². The Kier molecular flexibility index (Phi) is 6.46. The number of ether oxygens (including phenoxy) is 1. The van der Waals surface area contributed by atoms with E-state index in [4.69, 9.17) is 16.2 Å². The number of hydrogen-bond acceptors (Lipinski definition) is 4. The van der Waals surface area contributed by atoms with Crippen molar-refractivity contribution in [3.63, 3.8) is 0 Å². The van der Waals surface area contributed by atoms with E-state index in [9.17, 15) is 9.90 Å². The van der Waals surface area contributed by atoms with Crippen LogP contribution >= 0.6 is 0 Å². The number of rotatable bonds is 8. The number of aliphatic hydroxyl groups excluding tert-OH is 1. The van der Waals surface area contributed by atoms with Crippen molar-refractivity contribution < 1.29 is 14.6 Å². The third-order valence-corrected chi connectivity index (χ3v) is 2.89. The Balaban J connectivity index is 2.29. The largest absolute Gasteiger partial charge is 0.498 e. The minimum atomic E-state index is -0.427. The molecule has 0 heterocycles. The normalized spacial score (nSPS) is 20.3. The molecule has 18 heavy (non-hydrogen) atoms. The SMILES string of the molecule is NCCC(O)C1C=CC=C(OCCCC(N)=O)C1. The van der Waals surface area contributed by atoms with Crippen LogP contribution in [0.2, 0.25) is 0 Å². The highest BCUT2D eigenvalue weighted by Gasteiger charge is 2.20. The van der Waals surface area contributed by atoms with Crippen LogP contribution in [0.4, 0.5) is 0 Å². The molecular weight excluding hydrogens is 232 g/mol. The first-order valence-corrected chi connectivity index (χ1v) is 6.30. The monoisotopic (exact) mass is 254 g/mol. The molecule has 1 aliphatic rings. The molecule has 0 aliphatic heterocycles. The van der Waals surface area contributed by atoms with Gasteiger partial charge in [0.1, 0.15) is 0 Å². The third kappa shape index (κ3) is 5.33. The van der Waals surface area contributed by atoms with Crippen molar-refractivity contribution in [3.05, 3.63) is 24.0 Å². The molecule has 5 heteroatoms. The standard InChI is InChI=1S/C13H22N2O3/c14-7-6-12(16)10-3-1-4-11(9-10)18-8-2-5-13(15)17/h1,3-4,10,12,16H,2,5-9,14H2,(H2,15,17). The van der Waals surface area contributed by atoms with E-state index in [1.165, 1.54) is 0 Å².